The summed E-state index contributed by atoms with van der Waals surface area (Å²) >= 11 is 0. The molecule has 8 heteroatoms. The number of hydrogen-bond acceptors (Lipinski definition) is 5. The van der Waals surface area contributed by atoms with Gasteiger partial charge in [0.25, 0.3) is 5.69 Å². The molecule has 140 valence electrons. The van der Waals surface area contributed by atoms with Crippen molar-refractivity contribution >= 4 is 22.5 Å². The third-order valence-corrected chi connectivity index (χ3v) is 5.18. The number of nitrogens with zero attached hydrogens (tertiary/aromatic N) is 5. The highest BCUT2D eigenvalue weighted by molar-refractivity contribution is 5.81. The van der Waals surface area contributed by atoms with Crippen molar-refractivity contribution in [3.63, 3.8) is 0 Å². The van der Waals surface area contributed by atoms with E-state index in [0.29, 0.717) is 6.67 Å². The molecule has 1 aromatic carbocycles. The molecule has 2 aromatic rings. The second-order valence-electron chi connectivity index (χ2n) is 6.69. The van der Waals surface area contributed by atoms with E-state index in [-0.39, 0.29) is 17.5 Å². The van der Waals surface area contributed by atoms with E-state index in [1.807, 2.05) is 23.4 Å². The fourth-order valence-electron chi connectivity index (χ4n) is 3.60. The second kappa shape index (κ2) is 7.82. The van der Waals surface area contributed by atoms with Gasteiger partial charge in [-0.25, -0.2) is 0 Å². The third kappa shape index (κ3) is 3.70. The van der Waals surface area contributed by atoms with Crippen molar-refractivity contribution in [1.82, 2.24) is 19.6 Å². The topological polar surface area (TPSA) is 84.5 Å². The van der Waals surface area contributed by atoms with Gasteiger partial charge < -0.3 is 4.90 Å². The first-order valence-electron chi connectivity index (χ1n) is 9.14. The summed E-state index contributed by atoms with van der Waals surface area (Å²) in [5, 5.41) is 16.0. The Morgan fingerprint density at radius 2 is 2.00 bits per heavy atom. The van der Waals surface area contributed by atoms with Crippen molar-refractivity contribution in [2.24, 2.45) is 5.92 Å². The number of amides is 1. The Kier molecular flexibility index (Phi) is 5.51. The minimum absolute atomic E-state index is 0.0766. The number of rotatable bonds is 6. The van der Waals surface area contributed by atoms with Crippen molar-refractivity contribution in [3.05, 3.63) is 34.5 Å². The number of hydrogen-bond donors (Lipinski definition) is 0. The highest BCUT2D eigenvalue weighted by atomic mass is 16.6. The zero-order valence-corrected chi connectivity index (χ0v) is 15.3. The van der Waals surface area contributed by atoms with Crippen LogP contribution < -0.4 is 0 Å². The standard InChI is InChI=1S/C18H25N5O3/c1-3-21(4-2)18(24)14-7-9-20(10-8-14)13-22-17-6-5-16(23(25)26)11-15(17)12-19-22/h5-6,11-12,14H,3-4,7-10,13H2,1-2H3. The highest BCUT2D eigenvalue weighted by Crippen LogP contribution is 2.23. The van der Waals surface area contributed by atoms with Gasteiger partial charge in [-0.2, -0.15) is 5.10 Å². The van der Waals surface area contributed by atoms with Crippen molar-refractivity contribution in [1.29, 1.82) is 0 Å². The smallest absolute Gasteiger partial charge is 0.270 e. The molecule has 1 saturated heterocycles. The van der Waals surface area contributed by atoms with Gasteiger partial charge in [-0.3, -0.25) is 24.5 Å². The predicted molar refractivity (Wildman–Crippen MR) is 98.6 cm³/mol. The van der Waals surface area contributed by atoms with Crippen molar-refractivity contribution in [2.45, 2.75) is 33.4 Å². The maximum atomic E-state index is 12.5. The number of carbonyl (C=O) groups is 1. The summed E-state index contributed by atoms with van der Waals surface area (Å²) in [5.74, 6) is 0.384. The molecule has 8 nitrogen and oxygen atoms in total. The van der Waals surface area contributed by atoms with E-state index in [1.54, 1.807) is 18.3 Å². The summed E-state index contributed by atoms with van der Waals surface area (Å²) in [5.41, 5.74) is 0.963. The Balaban J connectivity index is 1.62. The van der Waals surface area contributed by atoms with Gasteiger partial charge in [-0.15, -0.1) is 0 Å². The molecule has 1 aromatic heterocycles. The molecule has 26 heavy (non-hydrogen) atoms. The maximum Gasteiger partial charge on any atom is 0.270 e. The van der Waals surface area contributed by atoms with Gasteiger partial charge >= 0.3 is 0 Å². The largest absolute Gasteiger partial charge is 0.343 e. The molecule has 0 bridgehead atoms. The Bertz CT molecular complexity index is 791. The molecule has 1 fully saturated rings. The number of nitro benzene ring substituents is 1. The van der Waals surface area contributed by atoms with Gasteiger partial charge in [0.15, 0.2) is 0 Å². The molecule has 3 rings (SSSR count). The number of aromatic nitrogens is 2. The minimum atomic E-state index is -0.394. The van der Waals surface area contributed by atoms with Crippen LogP contribution >= 0.6 is 0 Å². The number of nitro groups is 1. The molecular weight excluding hydrogens is 334 g/mol. The quantitative estimate of drug-likeness (QED) is 0.584. The number of likely N-dealkylation sites (tertiary alicyclic amines) is 1. The van der Waals surface area contributed by atoms with Gasteiger partial charge in [-0.1, -0.05) is 0 Å². The third-order valence-electron chi connectivity index (χ3n) is 5.18. The number of benzene rings is 1. The molecule has 0 radical (unpaired) electrons. The van der Waals surface area contributed by atoms with Crippen LogP contribution in [-0.4, -0.2) is 56.6 Å². The van der Waals surface area contributed by atoms with Crippen LogP contribution in [0, 0.1) is 16.0 Å². The average Bonchev–Trinajstić information content (AvgIpc) is 3.05. The number of fused-ring (bicyclic) bond motifs is 1. The summed E-state index contributed by atoms with van der Waals surface area (Å²) in [6, 6.07) is 4.81. The first-order valence-corrected chi connectivity index (χ1v) is 9.14. The van der Waals surface area contributed by atoms with Crippen LogP contribution in [0.3, 0.4) is 0 Å². The Morgan fingerprint density at radius 1 is 1.31 bits per heavy atom. The molecule has 1 aliphatic heterocycles. The fraction of sp³-hybridized carbons (Fsp3) is 0.556. The van der Waals surface area contributed by atoms with E-state index < -0.39 is 4.92 Å². The van der Waals surface area contributed by atoms with Crippen LogP contribution in [0.4, 0.5) is 5.69 Å². The van der Waals surface area contributed by atoms with E-state index in [9.17, 15) is 14.9 Å². The van der Waals surface area contributed by atoms with Gasteiger partial charge in [-0.05, 0) is 32.8 Å². The summed E-state index contributed by atoms with van der Waals surface area (Å²) in [6.45, 7) is 7.90. The second-order valence-corrected chi connectivity index (χ2v) is 6.69. The van der Waals surface area contributed by atoms with Gasteiger partial charge in [0.2, 0.25) is 5.91 Å². The van der Waals surface area contributed by atoms with Crippen LogP contribution in [0.15, 0.2) is 24.4 Å². The van der Waals surface area contributed by atoms with E-state index in [1.165, 1.54) is 6.07 Å². The molecule has 2 heterocycles. The first-order chi connectivity index (χ1) is 12.5. The SMILES string of the molecule is CCN(CC)C(=O)C1CCN(Cn2ncc3cc([N+](=O)[O-])ccc32)CC1. The molecule has 1 amide bonds. The summed E-state index contributed by atoms with van der Waals surface area (Å²) in [6.07, 6.45) is 3.39. The molecular formula is C18H25N5O3. The molecule has 0 saturated carbocycles. The lowest BCUT2D eigenvalue weighted by molar-refractivity contribution is -0.384. The van der Waals surface area contributed by atoms with E-state index >= 15 is 0 Å². The van der Waals surface area contributed by atoms with Gasteiger partial charge in [0.1, 0.15) is 0 Å². The number of carbonyl (C=O) groups excluding carboxylic acids is 1. The van der Waals surface area contributed by atoms with Crippen molar-refractivity contribution in [3.8, 4) is 0 Å². The van der Waals surface area contributed by atoms with Crippen LogP contribution in [0.5, 0.6) is 0 Å². The molecule has 0 aliphatic carbocycles. The normalized spacial score (nSPS) is 16.1. The molecule has 0 unspecified atom stereocenters. The Hall–Kier alpha value is -2.48. The highest BCUT2D eigenvalue weighted by Gasteiger charge is 2.27. The molecule has 1 aliphatic rings. The number of piperidine rings is 1. The molecule has 0 N–H and O–H groups in total. The molecule has 0 atom stereocenters. The van der Waals surface area contributed by atoms with Crippen LogP contribution in [0.1, 0.15) is 26.7 Å². The monoisotopic (exact) mass is 359 g/mol. The van der Waals surface area contributed by atoms with Crippen molar-refractivity contribution in [2.75, 3.05) is 26.2 Å². The lowest BCUT2D eigenvalue weighted by atomic mass is 9.95. The summed E-state index contributed by atoms with van der Waals surface area (Å²) in [7, 11) is 0. The van der Waals surface area contributed by atoms with E-state index in [2.05, 4.69) is 10.00 Å². The molecule has 0 spiro atoms. The lowest BCUT2D eigenvalue weighted by Gasteiger charge is -2.33. The maximum absolute atomic E-state index is 12.5. The lowest BCUT2D eigenvalue weighted by Crippen LogP contribution is -2.43. The van der Waals surface area contributed by atoms with Crippen LogP contribution in [0.2, 0.25) is 0 Å². The average molecular weight is 359 g/mol. The first kappa shape index (κ1) is 18.3. The fourth-order valence-corrected chi connectivity index (χ4v) is 3.60. The van der Waals surface area contributed by atoms with E-state index in [0.717, 1.165) is 49.9 Å². The zero-order chi connectivity index (χ0) is 18.7. The van der Waals surface area contributed by atoms with E-state index in [4.69, 9.17) is 0 Å². The Morgan fingerprint density at radius 3 is 2.62 bits per heavy atom. The van der Waals surface area contributed by atoms with Gasteiger partial charge in [0, 0.05) is 49.6 Å². The van der Waals surface area contributed by atoms with Crippen LogP contribution in [0.25, 0.3) is 10.9 Å². The predicted octanol–water partition coefficient (Wildman–Crippen LogP) is 2.48. The Labute approximate surface area is 152 Å². The van der Waals surface area contributed by atoms with Gasteiger partial charge in [0.05, 0.1) is 23.3 Å². The minimum Gasteiger partial charge on any atom is -0.343 e. The summed E-state index contributed by atoms with van der Waals surface area (Å²) < 4.78 is 1.87. The zero-order valence-electron chi connectivity index (χ0n) is 15.3. The summed E-state index contributed by atoms with van der Waals surface area (Å²) in [4.78, 5) is 27.2. The number of non-ortho nitro benzene ring substituents is 1. The van der Waals surface area contributed by atoms with Crippen molar-refractivity contribution < 1.29 is 9.72 Å². The van der Waals surface area contributed by atoms with Crippen LogP contribution in [-0.2, 0) is 11.5 Å².